The molecule has 2 aromatic heterocycles. The van der Waals surface area contributed by atoms with Crippen LogP contribution in [0.4, 0.5) is 5.82 Å². The lowest BCUT2D eigenvalue weighted by Crippen LogP contribution is -2.37. The van der Waals surface area contributed by atoms with Crippen molar-refractivity contribution in [2.75, 3.05) is 12.3 Å². The van der Waals surface area contributed by atoms with Gasteiger partial charge >= 0.3 is 10.3 Å². The molecule has 2 unspecified atom stereocenters. The largest absolute Gasteiger partial charge is 0.507 e. The van der Waals surface area contributed by atoms with E-state index in [0.29, 0.717) is 0 Å². The Kier molecular flexibility index (Phi) is 6.08. The number of carbonyl (C=O) groups is 1. The van der Waals surface area contributed by atoms with E-state index in [1.54, 1.807) is 4.72 Å². The molecule has 0 bridgehead atoms. The topological polar surface area (TPSA) is 212 Å². The van der Waals surface area contributed by atoms with Crippen molar-refractivity contribution in [2.45, 2.75) is 24.5 Å². The molecule has 176 valence electrons. The van der Waals surface area contributed by atoms with E-state index in [0.717, 1.165) is 12.1 Å². The van der Waals surface area contributed by atoms with Crippen LogP contribution < -0.4 is 10.5 Å². The van der Waals surface area contributed by atoms with Crippen LogP contribution in [0.25, 0.3) is 11.2 Å². The molecule has 1 aliphatic rings. The molecule has 16 heteroatoms. The van der Waals surface area contributed by atoms with E-state index in [1.165, 1.54) is 23.3 Å². The Labute approximate surface area is 190 Å². The number of anilines is 1. The fourth-order valence-electron chi connectivity index (χ4n) is 3.20. The zero-order valence-corrected chi connectivity index (χ0v) is 18.0. The van der Waals surface area contributed by atoms with Crippen LogP contribution >= 0.6 is 11.6 Å². The molecule has 3 aromatic rings. The summed E-state index contributed by atoms with van der Waals surface area (Å²) in [5.41, 5.74) is 5.81. The number of halogens is 1. The van der Waals surface area contributed by atoms with Gasteiger partial charge in [-0.3, -0.25) is 13.5 Å². The molecule has 0 spiro atoms. The molecule has 3 heterocycles. The van der Waals surface area contributed by atoms with E-state index in [2.05, 4.69) is 15.0 Å². The number of phenols is 1. The van der Waals surface area contributed by atoms with Gasteiger partial charge in [0.2, 0.25) is 0 Å². The predicted octanol–water partition coefficient (Wildman–Crippen LogP) is -0.922. The smallest absolute Gasteiger partial charge is 0.362 e. The Balaban J connectivity index is 1.44. The van der Waals surface area contributed by atoms with Gasteiger partial charge in [0.15, 0.2) is 17.7 Å². The highest BCUT2D eigenvalue weighted by Gasteiger charge is 2.45. The number of ether oxygens (including phenoxy) is 1. The van der Waals surface area contributed by atoms with Crippen molar-refractivity contribution in [3.05, 3.63) is 41.4 Å². The molecule has 0 saturated carbocycles. The van der Waals surface area contributed by atoms with Crippen LogP contribution in [0, 0.1) is 0 Å². The number of hydrogen-bond donors (Lipinski definition) is 5. The summed E-state index contributed by atoms with van der Waals surface area (Å²) in [5, 5.41) is 30.5. The van der Waals surface area contributed by atoms with Crippen molar-refractivity contribution in [3.8, 4) is 5.75 Å². The summed E-state index contributed by atoms with van der Waals surface area (Å²) in [4.78, 5) is 24.0. The van der Waals surface area contributed by atoms with Crippen LogP contribution in [-0.4, -0.2) is 74.1 Å². The number of amides is 1. The molecule has 1 fully saturated rings. The summed E-state index contributed by atoms with van der Waals surface area (Å²) < 4.78 is 37.5. The monoisotopic (exact) mass is 500 g/mol. The van der Waals surface area contributed by atoms with E-state index >= 15 is 0 Å². The van der Waals surface area contributed by atoms with Gasteiger partial charge in [-0.25, -0.2) is 19.7 Å². The number of aliphatic hydroxyl groups is 2. The SMILES string of the molecule is Nc1ncnc2c1ncn2C1OC(COS(=O)(=O)NC(=O)c2cc(Cl)ccc2O)[C@@H](O)[C@H]1O. The third-order valence-corrected chi connectivity index (χ3v) is 5.92. The lowest BCUT2D eigenvalue weighted by molar-refractivity contribution is -0.0468. The number of carbonyl (C=O) groups excluding carboxylic acids is 1. The van der Waals surface area contributed by atoms with E-state index in [9.17, 15) is 28.5 Å². The first-order chi connectivity index (χ1) is 15.6. The molecule has 6 N–H and O–H groups in total. The van der Waals surface area contributed by atoms with Crippen molar-refractivity contribution < 1.29 is 37.5 Å². The van der Waals surface area contributed by atoms with Gasteiger partial charge in [0.1, 0.15) is 35.9 Å². The first-order valence-electron chi connectivity index (χ1n) is 9.22. The predicted molar refractivity (Wildman–Crippen MR) is 111 cm³/mol. The maximum absolute atomic E-state index is 12.2. The van der Waals surface area contributed by atoms with Gasteiger partial charge in [-0.05, 0) is 18.2 Å². The zero-order valence-electron chi connectivity index (χ0n) is 16.4. The van der Waals surface area contributed by atoms with Gasteiger partial charge in [-0.1, -0.05) is 11.6 Å². The minimum atomic E-state index is -4.68. The average molecular weight is 501 g/mol. The van der Waals surface area contributed by atoms with Crippen molar-refractivity contribution in [3.63, 3.8) is 0 Å². The van der Waals surface area contributed by atoms with Crippen molar-refractivity contribution in [1.29, 1.82) is 0 Å². The maximum atomic E-state index is 12.2. The molecule has 0 radical (unpaired) electrons. The fraction of sp³-hybridized carbons (Fsp3) is 0.294. The minimum Gasteiger partial charge on any atom is -0.507 e. The molecule has 4 atom stereocenters. The number of imidazole rings is 1. The molecule has 1 aromatic carbocycles. The summed E-state index contributed by atoms with van der Waals surface area (Å²) >= 11 is 5.75. The number of aromatic hydroxyl groups is 1. The molecule has 1 saturated heterocycles. The number of phenolic OH excluding ortho intramolecular Hbond substituents is 1. The third-order valence-electron chi connectivity index (χ3n) is 4.81. The molecule has 1 aliphatic heterocycles. The first kappa shape index (κ1) is 23.1. The number of fused-ring (bicyclic) bond motifs is 1. The van der Waals surface area contributed by atoms with Gasteiger partial charge in [0.05, 0.1) is 18.5 Å². The normalized spacial score (nSPS) is 23.1. The Morgan fingerprint density at radius 1 is 1.27 bits per heavy atom. The second-order valence-electron chi connectivity index (χ2n) is 6.96. The molecular weight excluding hydrogens is 484 g/mol. The second kappa shape index (κ2) is 8.69. The number of nitrogens with one attached hydrogen (secondary N) is 1. The van der Waals surface area contributed by atoms with Crippen molar-refractivity contribution >= 4 is 44.8 Å². The Morgan fingerprint density at radius 3 is 2.79 bits per heavy atom. The van der Waals surface area contributed by atoms with E-state index in [4.69, 9.17) is 26.3 Å². The molecule has 33 heavy (non-hydrogen) atoms. The molecule has 1 amide bonds. The number of nitrogens with two attached hydrogens (primary N) is 1. The fourth-order valence-corrected chi connectivity index (χ4v) is 4.08. The quantitative estimate of drug-likeness (QED) is 0.278. The standard InChI is InChI=1S/C17H17ClN6O8S/c18-7-1-2-9(25)8(3-7)16(28)23-33(29,30)31-4-10-12(26)13(27)17(32-10)24-6-22-11-14(19)20-5-21-15(11)24/h1-3,5-6,10,12-13,17,25-27H,4H2,(H,23,28)(H2,19,20,21)/t10?,12-,13-,17?/m1/s1. The Bertz CT molecular complexity index is 1320. The van der Waals surface area contributed by atoms with Gasteiger partial charge in [0, 0.05) is 5.02 Å². The number of aromatic nitrogens is 4. The van der Waals surface area contributed by atoms with Crippen LogP contribution in [0.15, 0.2) is 30.9 Å². The van der Waals surface area contributed by atoms with Gasteiger partial charge in [0.25, 0.3) is 5.91 Å². The van der Waals surface area contributed by atoms with Crippen LogP contribution in [0.3, 0.4) is 0 Å². The van der Waals surface area contributed by atoms with Gasteiger partial charge < -0.3 is 25.8 Å². The lowest BCUT2D eigenvalue weighted by atomic mass is 10.1. The number of aliphatic hydroxyl groups excluding tert-OH is 2. The maximum Gasteiger partial charge on any atom is 0.362 e. The number of nitrogen functional groups attached to an aromatic ring is 1. The summed E-state index contributed by atoms with van der Waals surface area (Å²) in [6.07, 6.45) is -3.07. The summed E-state index contributed by atoms with van der Waals surface area (Å²) in [7, 11) is -4.68. The second-order valence-corrected chi connectivity index (χ2v) is 8.75. The summed E-state index contributed by atoms with van der Waals surface area (Å²) in [6.45, 7) is -0.747. The number of rotatable bonds is 6. The van der Waals surface area contributed by atoms with Crippen LogP contribution in [0.5, 0.6) is 5.75 Å². The highest BCUT2D eigenvalue weighted by molar-refractivity contribution is 7.85. The highest BCUT2D eigenvalue weighted by atomic mass is 35.5. The average Bonchev–Trinajstić information content (AvgIpc) is 3.30. The van der Waals surface area contributed by atoms with Crippen LogP contribution in [-0.2, 0) is 19.2 Å². The number of nitrogens with zero attached hydrogens (tertiary/aromatic N) is 4. The molecule has 14 nitrogen and oxygen atoms in total. The molecule has 0 aliphatic carbocycles. The first-order valence-corrected chi connectivity index (χ1v) is 11.0. The van der Waals surface area contributed by atoms with Crippen molar-refractivity contribution in [1.82, 2.24) is 24.2 Å². The highest BCUT2D eigenvalue weighted by Crippen LogP contribution is 2.32. The van der Waals surface area contributed by atoms with E-state index in [-0.39, 0.29) is 22.0 Å². The van der Waals surface area contributed by atoms with E-state index in [1.807, 2.05) is 0 Å². The van der Waals surface area contributed by atoms with Crippen LogP contribution in [0.1, 0.15) is 16.6 Å². The number of hydrogen-bond acceptors (Lipinski definition) is 12. The Hall–Kier alpha value is -3.08. The van der Waals surface area contributed by atoms with Crippen molar-refractivity contribution in [2.24, 2.45) is 0 Å². The molecule has 4 rings (SSSR count). The minimum absolute atomic E-state index is 0.0952. The summed E-state index contributed by atoms with van der Waals surface area (Å²) in [5.74, 6) is -1.59. The van der Waals surface area contributed by atoms with Crippen LogP contribution in [0.2, 0.25) is 5.02 Å². The summed E-state index contributed by atoms with van der Waals surface area (Å²) in [6, 6.07) is 3.49. The zero-order chi connectivity index (χ0) is 23.9. The number of benzene rings is 1. The third kappa shape index (κ3) is 4.54. The van der Waals surface area contributed by atoms with Gasteiger partial charge in [-0.2, -0.15) is 8.42 Å². The Morgan fingerprint density at radius 2 is 2.03 bits per heavy atom. The lowest BCUT2D eigenvalue weighted by Gasteiger charge is -2.16. The van der Waals surface area contributed by atoms with Gasteiger partial charge in [-0.15, -0.1) is 0 Å². The molecular formula is C17H17ClN6O8S. The van der Waals surface area contributed by atoms with E-state index < -0.39 is 58.7 Å².